The maximum atomic E-state index is 11.1. The van der Waals surface area contributed by atoms with Crippen LogP contribution in [0.2, 0.25) is 0 Å². The lowest BCUT2D eigenvalue weighted by Crippen LogP contribution is -2.08. The van der Waals surface area contributed by atoms with Gasteiger partial charge in [-0.05, 0) is 30.5 Å². The van der Waals surface area contributed by atoms with Crippen molar-refractivity contribution in [2.24, 2.45) is 0 Å². The maximum absolute atomic E-state index is 11.1. The van der Waals surface area contributed by atoms with Crippen LogP contribution in [0.25, 0.3) is 10.9 Å². The molecule has 2 heterocycles. The largest absolute Gasteiger partial charge is 0.478 e. The zero-order valence-electron chi connectivity index (χ0n) is 11.0. The molecule has 1 N–H and O–H groups in total. The number of rotatable bonds is 4. The summed E-state index contributed by atoms with van der Waals surface area (Å²) in [5.74, 6) is -0.0675. The van der Waals surface area contributed by atoms with Gasteiger partial charge in [-0.15, -0.1) is 0 Å². The van der Waals surface area contributed by atoms with E-state index in [1.54, 1.807) is 12.1 Å². The number of fused-ring (bicyclic) bond motifs is 1. The summed E-state index contributed by atoms with van der Waals surface area (Å²) in [6.45, 7) is 3.34. The number of hydrogen-bond donors (Lipinski definition) is 1. The maximum Gasteiger partial charge on any atom is 0.335 e. The van der Waals surface area contributed by atoms with Crippen molar-refractivity contribution >= 4 is 16.9 Å². The van der Waals surface area contributed by atoms with E-state index in [-0.39, 0.29) is 5.56 Å². The third-order valence-electron chi connectivity index (χ3n) is 3.33. The summed E-state index contributed by atoms with van der Waals surface area (Å²) in [7, 11) is 0. The van der Waals surface area contributed by atoms with Gasteiger partial charge in [0, 0.05) is 18.3 Å². The third-order valence-corrected chi connectivity index (χ3v) is 3.33. The summed E-state index contributed by atoms with van der Waals surface area (Å²) in [5, 5.41) is 14.2. The molecule has 1 aromatic carbocycles. The molecule has 3 rings (SSSR count). The summed E-state index contributed by atoms with van der Waals surface area (Å²) in [6, 6.07) is 7.08. The van der Waals surface area contributed by atoms with E-state index in [1.807, 2.05) is 34.5 Å². The fraction of sp³-hybridized carbons (Fsp3) is 0.214. The minimum absolute atomic E-state index is 0.286. The average molecular weight is 270 g/mol. The van der Waals surface area contributed by atoms with E-state index in [4.69, 9.17) is 5.11 Å². The third kappa shape index (κ3) is 2.05. The molecule has 0 fully saturated rings. The Kier molecular flexibility index (Phi) is 2.98. The molecule has 6 heteroatoms. The topological polar surface area (TPSA) is 72.9 Å². The predicted molar refractivity (Wildman–Crippen MR) is 73.7 cm³/mol. The van der Waals surface area contributed by atoms with Crippen LogP contribution < -0.4 is 0 Å². The quantitative estimate of drug-likeness (QED) is 0.787. The van der Waals surface area contributed by atoms with Gasteiger partial charge in [0.1, 0.15) is 12.2 Å². The molecule has 3 aromatic rings. The van der Waals surface area contributed by atoms with Gasteiger partial charge >= 0.3 is 5.97 Å². The van der Waals surface area contributed by atoms with Crippen LogP contribution in [-0.4, -0.2) is 30.4 Å². The lowest BCUT2D eigenvalue weighted by atomic mass is 10.1. The SMILES string of the molecule is CCn1ncnc1Cn1ccc2ccc(C(=O)O)cc21. The fourth-order valence-electron chi connectivity index (χ4n) is 2.28. The van der Waals surface area contributed by atoms with Crippen LogP contribution in [-0.2, 0) is 13.1 Å². The summed E-state index contributed by atoms with van der Waals surface area (Å²) in [5.41, 5.74) is 1.17. The highest BCUT2D eigenvalue weighted by Crippen LogP contribution is 2.18. The zero-order valence-corrected chi connectivity index (χ0v) is 11.0. The average Bonchev–Trinajstić information content (AvgIpc) is 3.05. The molecule has 102 valence electrons. The molecule has 6 nitrogen and oxygen atoms in total. The molecule has 0 bridgehead atoms. The number of aromatic carboxylic acids is 1. The molecule has 0 unspecified atom stereocenters. The Morgan fingerprint density at radius 1 is 1.35 bits per heavy atom. The molecule has 0 saturated carbocycles. The Balaban J connectivity index is 2.03. The first-order valence-electron chi connectivity index (χ1n) is 6.38. The lowest BCUT2D eigenvalue weighted by Gasteiger charge is -2.06. The summed E-state index contributed by atoms with van der Waals surface area (Å²) < 4.78 is 3.81. The van der Waals surface area contributed by atoms with Gasteiger partial charge in [0.2, 0.25) is 0 Å². The van der Waals surface area contributed by atoms with Crippen molar-refractivity contribution in [3.8, 4) is 0 Å². The van der Waals surface area contributed by atoms with E-state index >= 15 is 0 Å². The highest BCUT2D eigenvalue weighted by Gasteiger charge is 2.09. The van der Waals surface area contributed by atoms with Crippen molar-refractivity contribution < 1.29 is 9.90 Å². The molecular weight excluding hydrogens is 256 g/mol. The number of benzene rings is 1. The van der Waals surface area contributed by atoms with Crippen LogP contribution in [0.1, 0.15) is 23.1 Å². The first-order chi connectivity index (χ1) is 9.69. The van der Waals surface area contributed by atoms with Crippen molar-refractivity contribution in [1.29, 1.82) is 0 Å². The van der Waals surface area contributed by atoms with Gasteiger partial charge < -0.3 is 9.67 Å². The van der Waals surface area contributed by atoms with Crippen LogP contribution >= 0.6 is 0 Å². The lowest BCUT2D eigenvalue weighted by molar-refractivity contribution is 0.0697. The highest BCUT2D eigenvalue weighted by atomic mass is 16.4. The monoisotopic (exact) mass is 270 g/mol. The van der Waals surface area contributed by atoms with Crippen molar-refractivity contribution in [2.75, 3.05) is 0 Å². The number of hydrogen-bond acceptors (Lipinski definition) is 3. The van der Waals surface area contributed by atoms with E-state index in [0.29, 0.717) is 6.54 Å². The molecule has 0 spiro atoms. The number of nitrogens with zero attached hydrogens (tertiary/aromatic N) is 4. The van der Waals surface area contributed by atoms with Gasteiger partial charge in [0.05, 0.1) is 12.1 Å². The molecular formula is C14H14N4O2. The second kappa shape index (κ2) is 4.80. The van der Waals surface area contributed by atoms with Crippen molar-refractivity contribution in [3.05, 3.63) is 48.2 Å². The first kappa shape index (κ1) is 12.4. The van der Waals surface area contributed by atoms with Gasteiger partial charge in [-0.1, -0.05) is 6.07 Å². The van der Waals surface area contributed by atoms with Crippen molar-refractivity contribution in [1.82, 2.24) is 19.3 Å². The standard InChI is InChI=1S/C14H14N4O2/c1-2-18-13(15-9-16-18)8-17-6-5-10-3-4-11(14(19)20)7-12(10)17/h3-7,9H,2,8H2,1H3,(H,19,20). The summed E-state index contributed by atoms with van der Waals surface area (Å²) in [6.07, 6.45) is 3.47. The van der Waals surface area contributed by atoms with Gasteiger partial charge in [0.25, 0.3) is 0 Å². The van der Waals surface area contributed by atoms with Crippen molar-refractivity contribution in [2.45, 2.75) is 20.0 Å². The molecule has 0 atom stereocenters. The van der Waals surface area contributed by atoms with E-state index < -0.39 is 5.97 Å². The second-order valence-electron chi connectivity index (χ2n) is 4.51. The smallest absolute Gasteiger partial charge is 0.335 e. The number of carbonyl (C=O) groups is 1. The van der Waals surface area contributed by atoms with Crippen LogP contribution in [0.5, 0.6) is 0 Å². The van der Waals surface area contributed by atoms with Gasteiger partial charge in [-0.25, -0.2) is 14.5 Å². The Hall–Kier alpha value is -2.63. The molecule has 0 aliphatic rings. The molecule has 0 amide bonds. The van der Waals surface area contributed by atoms with E-state index in [0.717, 1.165) is 23.3 Å². The minimum atomic E-state index is -0.920. The molecule has 2 aromatic heterocycles. The molecule has 0 saturated heterocycles. The molecule has 20 heavy (non-hydrogen) atoms. The van der Waals surface area contributed by atoms with Gasteiger partial charge in [0.15, 0.2) is 0 Å². The van der Waals surface area contributed by atoms with Crippen molar-refractivity contribution in [3.63, 3.8) is 0 Å². The summed E-state index contributed by atoms with van der Waals surface area (Å²) in [4.78, 5) is 15.3. The molecule has 0 aliphatic carbocycles. The fourth-order valence-corrected chi connectivity index (χ4v) is 2.28. The zero-order chi connectivity index (χ0) is 14.1. The summed E-state index contributed by atoms with van der Waals surface area (Å²) >= 11 is 0. The van der Waals surface area contributed by atoms with Crippen LogP contribution in [0, 0.1) is 0 Å². The van der Waals surface area contributed by atoms with Gasteiger partial charge in [-0.2, -0.15) is 5.10 Å². The Bertz CT molecular complexity index is 772. The Labute approximate surface area is 115 Å². The molecule has 0 radical (unpaired) electrons. The van der Waals surface area contributed by atoms with Crippen LogP contribution in [0.4, 0.5) is 0 Å². The Morgan fingerprint density at radius 2 is 2.20 bits per heavy atom. The minimum Gasteiger partial charge on any atom is -0.478 e. The normalized spacial score (nSPS) is 11.1. The highest BCUT2D eigenvalue weighted by molar-refractivity contribution is 5.93. The number of carboxylic acid groups (broad SMARTS) is 1. The van der Waals surface area contributed by atoms with Crippen LogP contribution in [0.15, 0.2) is 36.8 Å². The van der Waals surface area contributed by atoms with Gasteiger partial charge in [-0.3, -0.25) is 0 Å². The predicted octanol–water partition coefficient (Wildman–Crippen LogP) is 2.00. The van der Waals surface area contributed by atoms with E-state index in [9.17, 15) is 4.79 Å². The van der Waals surface area contributed by atoms with E-state index in [1.165, 1.54) is 6.33 Å². The number of aromatic nitrogens is 4. The molecule has 0 aliphatic heterocycles. The van der Waals surface area contributed by atoms with Crippen LogP contribution in [0.3, 0.4) is 0 Å². The number of carboxylic acids is 1. The Morgan fingerprint density at radius 3 is 2.95 bits per heavy atom. The number of aryl methyl sites for hydroxylation is 1. The van der Waals surface area contributed by atoms with E-state index in [2.05, 4.69) is 10.1 Å². The second-order valence-corrected chi connectivity index (χ2v) is 4.51. The first-order valence-corrected chi connectivity index (χ1v) is 6.38.